The minimum atomic E-state index is -0.191. The van der Waals surface area contributed by atoms with E-state index in [0.717, 1.165) is 38.5 Å². The van der Waals surface area contributed by atoms with Gasteiger partial charge in [-0.25, -0.2) is 0 Å². The van der Waals surface area contributed by atoms with E-state index in [1.807, 2.05) is 41.5 Å². The van der Waals surface area contributed by atoms with Crippen LogP contribution < -0.4 is 16.0 Å². The van der Waals surface area contributed by atoms with E-state index in [0.29, 0.717) is 77.1 Å². The number of nitrogens with one attached hydrogen (secondary N) is 3. The van der Waals surface area contributed by atoms with Gasteiger partial charge in [0.25, 0.3) is 0 Å². The lowest BCUT2D eigenvalue weighted by atomic mass is 10.3. The fourth-order valence-electron chi connectivity index (χ4n) is 3.78. The van der Waals surface area contributed by atoms with Crippen LogP contribution in [-0.2, 0) is 28.4 Å². The van der Waals surface area contributed by atoms with Crippen molar-refractivity contribution in [3.05, 3.63) is 0 Å². The maximum absolute atomic E-state index is 5.63. The van der Waals surface area contributed by atoms with Crippen LogP contribution in [0.25, 0.3) is 0 Å². The van der Waals surface area contributed by atoms with Crippen molar-refractivity contribution in [2.24, 2.45) is 0 Å². The Kier molecular flexibility index (Phi) is 21.7. The standard InChI is InChI=1S/C27H54N6O6/c1-7-34-22(35-8-2)16-13-19-28-25-31-26(29-20-14-17-23(36-9-3)37-10-4)33-27(32-25)30-21-15-18-24(38-11-5)39-12-6/h22-24H,7-21H2,1-6H3,(H3,28,29,30,31,32,33). The molecule has 0 aliphatic heterocycles. The van der Waals surface area contributed by atoms with Crippen molar-refractivity contribution < 1.29 is 28.4 Å². The van der Waals surface area contributed by atoms with Crippen LogP contribution in [0.15, 0.2) is 0 Å². The SMILES string of the molecule is CCOC(CCCNc1nc(NCCCC(OCC)OCC)nc(NCCCC(OCC)OCC)n1)OCC. The molecule has 228 valence electrons. The smallest absolute Gasteiger partial charge is 0.229 e. The van der Waals surface area contributed by atoms with Crippen LogP contribution >= 0.6 is 0 Å². The first-order valence-corrected chi connectivity index (χ1v) is 14.8. The number of rotatable bonds is 27. The molecule has 0 spiro atoms. The molecule has 0 bridgehead atoms. The maximum atomic E-state index is 5.63. The molecule has 39 heavy (non-hydrogen) atoms. The van der Waals surface area contributed by atoms with Gasteiger partial charge in [-0.05, 0) is 60.8 Å². The van der Waals surface area contributed by atoms with Crippen LogP contribution in [0.1, 0.15) is 80.1 Å². The monoisotopic (exact) mass is 558 g/mol. The van der Waals surface area contributed by atoms with Crippen molar-refractivity contribution in [3.63, 3.8) is 0 Å². The normalized spacial score (nSPS) is 11.6. The maximum Gasteiger partial charge on any atom is 0.229 e. The molecule has 12 nitrogen and oxygen atoms in total. The molecule has 0 unspecified atom stereocenters. The highest BCUT2D eigenvalue weighted by molar-refractivity contribution is 5.42. The second-order valence-corrected chi connectivity index (χ2v) is 8.53. The third-order valence-corrected chi connectivity index (χ3v) is 5.45. The number of ether oxygens (including phenoxy) is 6. The molecule has 1 aromatic rings. The quantitative estimate of drug-likeness (QED) is 0.103. The van der Waals surface area contributed by atoms with Gasteiger partial charge in [-0.2, -0.15) is 15.0 Å². The summed E-state index contributed by atoms with van der Waals surface area (Å²) < 4.78 is 33.8. The minimum Gasteiger partial charge on any atom is -0.354 e. The molecule has 3 N–H and O–H groups in total. The summed E-state index contributed by atoms with van der Waals surface area (Å²) in [5.41, 5.74) is 0. The molecule has 0 amide bonds. The molecule has 1 rings (SSSR count). The Labute approximate surface area is 235 Å². The summed E-state index contributed by atoms with van der Waals surface area (Å²) in [4.78, 5) is 13.7. The van der Waals surface area contributed by atoms with E-state index >= 15 is 0 Å². The van der Waals surface area contributed by atoms with Gasteiger partial charge >= 0.3 is 0 Å². The first-order valence-electron chi connectivity index (χ1n) is 14.8. The highest BCUT2D eigenvalue weighted by atomic mass is 16.7. The first-order chi connectivity index (χ1) is 19.1. The van der Waals surface area contributed by atoms with Crippen LogP contribution in [0.3, 0.4) is 0 Å². The molecule has 0 aromatic carbocycles. The van der Waals surface area contributed by atoms with Gasteiger partial charge in [-0.1, -0.05) is 0 Å². The summed E-state index contributed by atoms with van der Waals surface area (Å²) in [5.74, 6) is 1.55. The van der Waals surface area contributed by atoms with E-state index in [-0.39, 0.29) is 18.9 Å². The van der Waals surface area contributed by atoms with Gasteiger partial charge in [0.15, 0.2) is 18.9 Å². The Morgan fingerprint density at radius 1 is 0.436 bits per heavy atom. The molecule has 1 heterocycles. The highest BCUT2D eigenvalue weighted by Gasteiger charge is 2.12. The third kappa shape index (κ3) is 17.5. The number of anilines is 3. The molecule has 0 radical (unpaired) electrons. The average Bonchev–Trinajstić information content (AvgIpc) is 2.92. The lowest BCUT2D eigenvalue weighted by Gasteiger charge is -2.18. The third-order valence-electron chi connectivity index (χ3n) is 5.45. The summed E-state index contributed by atoms with van der Waals surface area (Å²) >= 11 is 0. The second-order valence-electron chi connectivity index (χ2n) is 8.53. The van der Waals surface area contributed by atoms with Crippen molar-refractivity contribution in [2.45, 2.75) is 98.9 Å². The Hall–Kier alpha value is -1.83. The molecule has 1 aromatic heterocycles. The number of hydrogen-bond acceptors (Lipinski definition) is 12. The van der Waals surface area contributed by atoms with E-state index in [4.69, 9.17) is 28.4 Å². The van der Waals surface area contributed by atoms with E-state index in [9.17, 15) is 0 Å². The molecule has 0 saturated heterocycles. The summed E-state index contributed by atoms with van der Waals surface area (Å²) in [5, 5.41) is 9.95. The molecule has 0 aliphatic carbocycles. The minimum absolute atomic E-state index is 0.191. The predicted molar refractivity (Wildman–Crippen MR) is 154 cm³/mol. The van der Waals surface area contributed by atoms with Gasteiger partial charge in [0, 0.05) is 78.5 Å². The van der Waals surface area contributed by atoms with Gasteiger partial charge in [-0.15, -0.1) is 0 Å². The molecular weight excluding hydrogens is 504 g/mol. The van der Waals surface area contributed by atoms with E-state index < -0.39 is 0 Å². The Balaban J connectivity index is 2.70. The zero-order valence-electron chi connectivity index (χ0n) is 25.1. The lowest BCUT2D eigenvalue weighted by molar-refractivity contribution is -0.139. The van der Waals surface area contributed by atoms with Crippen LogP contribution in [0, 0.1) is 0 Å². The van der Waals surface area contributed by atoms with Crippen LogP contribution in [0.5, 0.6) is 0 Å². The van der Waals surface area contributed by atoms with Crippen molar-refractivity contribution >= 4 is 17.8 Å². The summed E-state index contributed by atoms with van der Waals surface area (Å²) in [6.45, 7) is 17.7. The van der Waals surface area contributed by atoms with Gasteiger partial charge in [0.2, 0.25) is 17.8 Å². The predicted octanol–water partition coefficient (Wildman–Crippen LogP) is 4.65. The number of hydrogen-bond donors (Lipinski definition) is 3. The zero-order valence-corrected chi connectivity index (χ0v) is 25.1. The molecule has 12 heteroatoms. The van der Waals surface area contributed by atoms with Crippen LogP contribution in [-0.4, -0.2) is 93.1 Å². The number of nitrogens with zero attached hydrogens (tertiary/aromatic N) is 3. The van der Waals surface area contributed by atoms with E-state index in [1.54, 1.807) is 0 Å². The van der Waals surface area contributed by atoms with Crippen LogP contribution in [0.4, 0.5) is 17.8 Å². The largest absolute Gasteiger partial charge is 0.354 e. The van der Waals surface area contributed by atoms with E-state index in [1.165, 1.54) is 0 Å². The molecular formula is C27H54N6O6. The first kappa shape index (κ1) is 35.2. The van der Waals surface area contributed by atoms with Gasteiger partial charge in [0.05, 0.1) is 0 Å². The fraction of sp³-hybridized carbons (Fsp3) is 0.889. The molecule has 0 fully saturated rings. The van der Waals surface area contributed by atoms with Crippen molar-refractivity contribution in [1.82, 2.24) is 15.0 Å². The lowest BCUT2D eigenvalue weighted by Crippen LogP contribution is -2.20. The van der Waals surface area contributed by atoms with Gasteiger partial charge in [0.1, 0.15) is 0 Å². The molecule has 0 saturated carbocycles. The Morgan fingerprint density at radius 2 is 0.667 bits per heavy atom. The van der Waals surface area contributed by atoms with Gasteiger partial charge in [-0.3, -0.25) is 0 Å². The highest BCUT2D eigenvalue weighted by Crippen LogP contribution is 2.13. The molecule has 0 atom stereocenters. The van der Waals surface area contributed by atoms with E-state index in [2.05, 4.69) is 30.9 Å². The van der Waals surface area contributed by atoms with Crippen molar-refractivity contribution in [2.75, 3.05) is 75.2 Å². The summed E-state index contributed by atoms with van der Waals surface area (Å²) in [6.07, 6.45) is 4.36. The average molecular weight is 559 g/mol. The topological polar surface area (TPSA) is 130 Å². The van der Waals surface area contributed by atoms with Gasteiger partial charge < -0.3 is 44.4 Å². The van der Waals surface area contributed by atoms with Crippen molar-refractivity contribution in [3.8, 4) is 0 Å². The Bertz CT molecular complexity index is 584. The number of aromatic nitrogens is 3. The van der Waals surface area contributed by atoms with Crippen molar-refractivity contribution in [1.29, 1.82) is 0 Å². The molecule has 0 aliphatic rings. The fourth-order valence-corrected chi connectivity index (χ4v) is 3.78. The van der Waals surface area contributed by atoms with Crippen LogP contribution in [0.2, 0.25) is 0 Å². The summed E-state index contributed by atoms with van der Waals surface area (Å²) in [6, 6.07) is 0. The second kappa shape index (κ2) is 24.0. The Morgan fingerprint density at radius 3 is 0.872 bits per heavy atom. The zero-order chi connectivity index (χ0) is 28.6. The summed E-state index contributed by atoms with van der Waals surface area (Å²) in [7, 11) is 0.